The smallest absolute Gasteiger partial charge is 0.317 e. The molecule has 2 fully saturated rings. The van der Waals surface area contributed by atoms with Crippen molar-refractivity contribution >= 4 is 11.8 Å². The number of aromatic hydroxyl groups is 1. The van der Waals surface area contributed by atoms with Crippen molar-refractivity contribution < 1.29 is 24.2 Å². The number of rotatable bonds is 2. The summed E-state index contributed by atoms with van der Waals surface area (Å²) in [4.78, 5) is 26.4. The lowest BCUT2D eigenvalue weighted by Crippen LogP contribution is -2.54. The first-order chi connectivity index (χ1) is 12.2. The van der Waals surface area contributed by atoms with Gasteiger partial charge in [0.05, 0.1) is 7.11 Å². The van der Waals surface area contributed by atoms with Gasteiger partial charge in [0.2, 0.25) is 5.78 Å². The number of phenols is 1. The Morgan fingerprint density at radius 2 is 1.96 bits per heavy atom. The molecule has 3 unspecified atom stereocenters. The minimum absolute atomic E-state index is 0.0225. The summed E-state index contributed by atoms with van der Waals surface area (Å²) in [6.07, 6.45) is 1.69. The summed E-state index contributed by atoms with van der Waals surface area (Å²) in [6.45, 7) is 8.12. The van der Waals surface area contributed by atoms with Gasteiger partial charge in [-0.2, -0.15) is 0 Å². The maximum atomic E-state index is 13.3. The third-order valence-electron chi connectivity index (χ3n) is 6.75. The van der Waals surface area contributed by atoms with Gasteiger partial charge in [0.1, 0.15) is 5.41 Å². The summed E-state index contributed by atoms with van der Waals surface area (Å²) < 4.78 is 11.3. The molecule has 0 radical (unpaired) electrons. The van der Waals surface area contributed by atoms with Crippen LogP contribution < -0.4 is 4.74 Å². The van der Waals surface area contributed by atoms with E-state index in [9.17, 15) is 14.7 Å². The molecule has 1 heterocycles. The molecule has 1 saturated heterocycles. The number of hydrogen-bond acceptors (Lipinski definition) is 5. The lowest BCUT2D eigenvalue weighted by atomic mass is 9.49. The molecule has 0 spiro atoms. The molecule has 1 aliphatic heterocycles. The van der Waals surface area contributed by atoms with E-state index >= 15 is 0 Å². The topological polar surface area (TPSA) is 72.8 Å². The van der Waals surface area contributed by atoms with Crippen molar-refractivity contribution in [1.29, 1.82) is 0 Å². The number of carbonyl (C=O) groups is 2. The van der Waals surface area contributed by atoms with E-state index < -0.39 is 11.5 Å². The molecular weight excluding hydrogens is 332 g/mol. The Hall–Kier alpha value is -2.04. The van der Waals surface area contributed by atoms with E-state index in [0.29, 0.717) is 23.1 Å². The Labute approximate surface area is 153 Å². The molecule has 140 valence electrons. The zero-order valence-electron chi connectivity index (χ0n) is 16.0. The predicted octanol–water partition coefficient (Wildman–Crippen LogP) is 3.71. The van der Waals surface area contributed by atoms with Crippen LogP contribution in [-0.2, 0) is 14.9 Å². The van der Waals surface area contributed by atoms with Crippen molar-refractivity contribution in [3.8, 4) is 11.5 Å². The predicted molar refractivity (Wildman–Crippen MR) is 95.8 cm³/mol. The lowest BCUT2D eigenvalue weighted by molar-refractivity contribution is -0.144. The number of methoxy groups -OCH3 is 1. The monoisotopic (exact) mass is 358 g/mol. The number of carbonyl (C=O) groups excluding carboxylic acids is 2. The van der Waals surface area contributed by atoms with Gasteiger partial charge in [0.15, 0.2) is 17.6 Å². The third-order valence-corrected chi connectivity index (χ3v) is 6.75. The Bertz CT molecular complexity index is 822. The zero-order valence-corrected chi connectivity index (χ0v) is 16.0. The van der Waals surface area contributed by atoms with Crippen molar-refractivity contribution in [3.63, 3.8) is 0 Å². The van der Waals surface area contributed by atoms with Gasteiger partial charge < -0.3 is 14.6 Å². The fourth-order valence-electron chi connectivity index (χ4n) is 5.67. The maximum Gasteiger partial charge on any atom is 0.317 e. The van der Waals surface area contributed by atoms with Gasteiger partial charge in [0.25, 0.3) is 0 Å². The molecule has 5 nitrogen and oxygen atoms in total. The van der Waals surface area contributed by atoms with E-state index in [1.165, 1.54) is 7.11 Å². The van der Waals surface area contributed by atoms with Gasteiger partial charge >= 0.3 is 5.97 Å². The average Bonchev–Trinajstić information content (AvgIpc) is 2.84. The molecule has 0 aromatic heterocycles. The van der Waals surface area contributed by atoms with Gasteiger partial charge in [-0.15, -0.1) is 0 Å². The average molecular weight is 358 g/mol. The Morgan fingerprint density at radius 1 is 1.27 bits per heavy atom. The highest BCUT2D eigenvalue weighted by Gasteiger charge is 2.70. The van der Waals surface area contributed by atoms with Crippen LogP contribution in [0.2, 0.25) is 0 Å². The van der Waals surface area contributed by atoms with Gasteiger partial charge in [-0.05, 0) is 30.2 Å². The van der Waals surface area contributed by atoms with Crippen LogP contribution in [-0.4, -0.2) is 30.1 Å². The summed E-state index contributed by atoms with van der Waals surface area (Å²) >= 11 is 0. The summed E-state index contributed by atoms with van der Waals surface area (Å²) in [7, 11) is 1.48. The summed E-state index contributed by atoms with van der Waals surface area (Å²) in [5.74, 6) is -0.420. The molecule has 5 heteroatoms. The molecule has 3 atom stereocenters. The molecule has 1 N–H and O–H groups in total. The number of phenolic OH excluding ortho intramolecular Hbond substituents is 1. The largest absolute Gasteiger partial charge is 0.504 e. The Balaban J connectivity index is 2.10. The van der Waals surface area contributed by atoms with E-state index in [1.807, 2.05) is 13.8 Å². The van der Waals surface area contributed by atoms with Crippen LogP contribution in [0.4, 0.5) is 0 Å². The standard InChI is InChI=1S/C21H26O5/c1-10(2)11-9-12-13(16(25-5)14(11)22)21-8-6-7-20(3,4)18(21)17(15(12)23)26-19(21)24/h9-10,17-18,22H,6-8H2,1-5H3. The third kappa shape index (κ3) is 1.86. The van der Waals surface area contributed by atoms with Crippen molar-refractivity contribution in [2.24, 2.45) is 11.3 Å². The van der Waals surface area contributed by atoms with Gasteiger partial charge in [-0.3, -0.25) is 9.59 Å². The van der Waals surface area contributed by atoms with Crippen molar-refractivity contribution in [2.75, 3.05) is 7.11 Å². The highest BCUT2D eigenvalue weighted by molar-refractivity contribution is 6.11. The number of fused-ring (bicyclic) bond motifs is 1. The fourth-order valence-corrected chi connectivity index (χ4v) is 5.67. The van der Waals surface area contributed by atoms with Crippen LogP contribution in [0.15, 0.2) is 6.07 Å². The van der Waals surface area contributed by atoms with E-state index in [4.69, 9.17) is 9.47 Å². The first-order valence-corrected chi connectivity index (χ1v) is 9.36. The van der Waals surface area contributed by atoms with E-state index in [-0.39, 0.29) is 40.5 Å². The molecule has 2 bridgehead atoms. The van der Waals surface area contributed by atoms with Crippen LogP contribution in [0.1, 0.15) is 74.4 Å². The number of ketones is 1. The van der Waals surface area contributed by atoms with Gasteiger partial charge in [0, 0.05) is 22.6 Å². The Kier molecular flexibility index (Phi) is 3.50. The molecule has 1 aromatic rings. The molecule has 26 heavy (non-hydrogen) atoms. The maximum absolute atomic E-state index is 13.3. The van der Waals surface area contributed by atoms with E-state index in [1.54, 1.807) is 6.07 Å². The number of Topliss-reactive ketones (excluding diaryl/α,β-unsaturated/α-hetero) is 1. The lowest BCUT2D eigenvalue weighted by Gasteiger charge is -2.50. The van der Waals surface area contributed by atoms with E-state index in [2.05, 4.69) is 13.8 Å². The minimum Gasteiger partial charge on any atom is -0.504 e. The van der Waals surface area contributed by atoms with Crippen LogP contribution >= 0.6 is 0 Å². The second-order valence-corrected chi connectivity index (χ2v) is 8.91. The summed E-state index contributed by atoms with van der Waals surface area (Å²) in [5.41, 5.74) is 0.565. The van der Waals surface area contributed by atoms with Crippen LogP contribution in [0.3, 0.4) is 0 Å². The second-order valence-electron chi connectivity index (χ2n) is 8.91. The minimum atomic E-state index is -0.909. The zero-order chi connectivity index (χ0) is 19.0. The fraction of sp³-hybridized carbons (Fsp3) is 0.619. The number of ether oxygens (including phenoxy) is 2. The van der Waals surface area contributed by atoms with Crippen LogP contribution in [0, 0.1) is 11.3 Å². The number of hydrogen-bond donors (Lipinski definition) is 1. The molecule has 1 aromatic carbocycles. The van der Waals surface area contributed by atoms with Crippen LogP contribution in [0.25, 0.3) is 0 Å². The van der Waals surface area contributed by atoms with Gasteiger partial charge in [-0.25, -0.2) is 0 Å². The first kappa shape index (κ1) is 17.4. The highest BCUT2D eigenvalue weighted by atomic mass is 16.6. The molecular formula is C21H26O5. The highest BCUT2D eigenvalue weighted by Crippen LogP contribution is 2.64. The molecule has 3 aliphatic rings. The normalized spacial score (nSPS) is 31.5. The molecule has 0 amide bonds. The first-order valence-electron chi connectivity index (χ1n) is 9.36. The molecule has 1 saturated carbocycles. The number of esters is 1. The SMILES string of the molecule is COc1c(O)c(C(C)C)cc2c1C13CCCC(C)(C)C1C(OC3=O)C2=O. The Morgan fingerprint density at radius 3 is 2.58 bits per heavy atom. The summed E-state index contributed by atoms with van der Waals surface area (Å²) in [5, 5.41) is 10.8. The van der Waals surface area contributed by atoms with Crippen molar-refractivity contribution in [2.45, 2.75) is 64.4 Å². The molecule has 4 rings (SSSR count). The van der Waals surface area contributed by atoms with Crippen LogP contribution in [0.5, 0.6) is 11.5 Å². The summed E-state index contributed by atoms with van der Waals surface area (Å²) in [6, 6.07) is 1.74. The van der Waals surface area contributed by atoms with Crippen molar-refractivity contribution in [1.82, 2.24) is 0 Å². The van der Waals surface area contributed by atoms with Gasteiger partial charge in [-0.1, -0.05) is 34.1 Å². The number of benzene rings is 1. The quantitative estimate of drug-likeness (QED) is 0.816. The molecule has 2 aliphatic carbocycles. The second kappa shape index (κ2) is 5.24. The van der Waals surface area contributed by atoms with E-state index in [0.717, 1.165) is 12.8 Å². The van der Waals surface area contributed by atoms with Crippen molar-refractivity contribution in [3.05, 3.63) is 22.8 Å².